The molecule has 0 bridgehead atoms. The molecule has 1 aliphatic rings. The molecule has 0 aromatic carbocycles. The van der Waals surface area contributed by atoms with Crippen LogP contribution in [0.4, 0.5) is 5.82 Å². The normalized spacial score (nSPS) is 17.4. The highest BCUT2D eigenvalue weighted by Gasteiger charge is 2.29. The van der Waals surface area contributed by atoms with Crippen molar-refractivity contribution in [1.82, 2.24) is 14.5 Å². The number of hydrogen-bond donors (Lipinski definition) is 2. The molecule has 0 saturated heterocycles. The first-order valence-corrected chi connectivity index (χ1v) is 5.80. The number of nitrogens with one attached hydrogen (secondary N) is 1. The fourth-order valence-electron chi connectivity index (χ4n) is 1.96. The van der Waals surface area contributed by atoms with Gasteiger partial charge in [-0.2, -0.15) is 0 Å². The average Bonchev–Trinajstić information content (AvgIpc) is 3.05. The van der Waals surface area contributed by atoms with Crippen molar-refractivity contribution in [3.05, 3.63) is 26.9 Å². The van der Waals surface area contributed by atoms with Crippen LogP contribution in [0.2, 0.25) is 0 Å². The van der Waals surface area contributed by atoms with Crippen molar-refractivity contribution in [2.75, 3.05) is 12.8 Å². The Morgan fingerprint density at radius 2 is 2.24 bits per heavy atom. The molecule has 17 heavy (non-hydrogen) atoms. The maximum absolute atomic E-state index is 11.6. The minimum Gasteiger partial charge on any atom is -0.385 e. The van der Waals surface area contributed by atoms with Crippen molar-refractivity contribution in [3.8, 4) is 0 Å². The zero-order chi connectivity index (χ0) is 12.6. The first-order valence-electron chi connectivity index (χ1n) is 5.80. The molecule has 1 aliphatic carbocycles. The molecule has 1 atom stereocenters. The van der Waals surface area contributed by atoms with E-state index in [9.17, 15) is 9.59 Å². The van der Waals surface area contributed by atoms with Crippen LogP contribution >= 0.6 is 0 Å². The number of nitrogens with zero attached hydrogens (tertiary/aromatic N) is 2. The van der Waals surface area contributed by atoms with Crippen LogP contribution in [-0.4, -0.2) is 33.6 Å². The van der Waals surface area contributed by atoms with Crippen molar-refractivity contribution >= 4 is 5.82 Å². The van der Waals surface area contributed by atoms with Gasteiger partial charge in [-0.3, -0.25) is 19.2 Å². The largest absolute Gasteiger partial charge is 0.385 e. The Hall–Kier alpha value is -1.56. The topological polar surface area (TPSA) is 84.1 Å². The number of nitrogen functional groups attached to an aromatic ring is 1. The lowest BCUT2D eigenvalue weighted by atomic mass is 10.3. The molecule has 6 heteroatoms. The summed E-state index contributed by atoms with van der Waals surface area (Å²) in [5.41, 5.74) is 4.80. The first-order chi connectivity index (χ1) is 7.99. The Bertz CT molecular complexity index is 515. The molecule has 0 spiro atoms. The van der Waals surface area contributed by atoms with E-state index in [-0.39, 0.29) is 11.9 Å². The van der Waals surface area contributed by atoms with Crippen molar-refractivity contribution < 1.29 is 0 Å². The summed E-state index contributed by atoms with van der Waals surface area (Å²) < 4.78 is 1.41. The quantitative estimate of drug-likeness (QED) is 0.747. The van der Waals surface area contributed by atoms with E-state index >= 15 is 0 Å². The van der Waals surface area contributed by atoms with Crippen molar-refractivity contribution in [2.45, 2.75) is 38.4 Å². The number of hydrogen-bond acceptors (Lipinski definition) is 4. The number of aromatic amines is 1. The second-order valence-corrected chi connectivity index (χ2v) is 4.72. The van der Waals surface area contributed by atoms with Gasteiger partial charge in [0.25, 0.3) is 5.56 Å². The second-order valence-electron chi connectivity index (χ2n) is 4.72. The van der Waals surface area contributed by atoms with Crippen LogP contribution in [0.1, 0.15) is 19.8 Å². The van der Waals surface area contributed by atoms with Gasteiger partial charge in [-0.25, -0.2) is 4.79 Å². The molecule has 0 amide bonds. The molecule has 94 valence electrons. The third-order valence-electron chi connectivity index (χ3n) is 3.33. The van der Waals surface area contributed by atoms with Crippen LogP contribution in [0.3, 0.4) is 0 Å². The van der Waals surface area contributed by atoms with E-state index in [0.717, 1.165) is 0 Å². The lowest BCUT2D eigenvalue weighted by Crippen LogP contribution is -2.40. The summed E-state index contributed by atoms with van der Waals surface area (Å²) in [6.07, 6.45) is 2.44. The van der Waals surface area contributed by atoms with E-state index in [1.165, 1.54) is 23.5 Å². The molecular weight excluding hydrogens is 220 g/mol. The van der Waals surface area contributed by atoms with Gasteiger partial charge >= 0.3 is 5.69 Å². The van der Waals surface area contributed by atoms with Crippen molar-refractivity contribution in [3.63, 3.8) is 0 Å². The highest BCUT2D eigenvalue weighted by molar-refractivity contribution is 5.26. The van der Waals surface area contributed by atoms with Crippen molar-refractivity contribution in [2.24, 2.45) is 0 Å². The van der Waals surface area contributed by atoms with E-state index in [2.05, 4.69) is 23.9 Å². The van der Waals surface area contributed by atoms with Gasteiger partial charge in [-0.1, -0.05) is 0 Å². The zero-order valence-electron chi connectivity index (χ0n) is 10.1. The lowest BCUT2D eigenvalue weighted by Gasteiger charge is -2.25. The summed E-state index contributed by atoms with van der Waals surface area (Å²) in [6.45, 7) is 2.55. The van der Waals surface area contributed by atoms with E-state index in [0.29, 0.717) is 12.6 Å². The van der Waals surface area contributed by atoms with Crippen LogP contribution in [0.5, 0.6) is 0 Å². The van der Waals surface area contributed by atoms with Crippen LogP contribution in [0.15, 0.2) is 15.7 Å². The predicted molar refractivity (Wildman–Crippen MR) is 66.0 cm³/mol. The van der Waals surface area contributed by atoms with E-state index < -0.39 is 11.2 Å². The number of aromatic nitrogens is 2. The van der Waals surface area contributed by atoms with Gasteiger partial charge in [0.1, 0.15) is 5.82 Å². The molecule has 1 unspecified atom stereocenters. The van der Waals surface area contributed by atoms with Gasteiger partial charge in [-0.15, -0.1) is 0 Å². The zero-order valence-corrected chi connectivity index (χ0v) is 10.1. The molecule has 3 N–H and O–H groups in total. The van der Waals surface area contributed by atoms with Crippen LogP contribution in [-0.2, 0) is 6.54 Å². The highest BCUT2D eigenvalue weighted by Crippen LogP contribution is 2.27. The van der Waals surface area contributed by atoms with Crippen LogP contribution < -0.4 is 17.0 Å². The molecule has 1 aromatic rings. The number of H-pyrrole nitrogens is 1. The summed E-state index contributed by atoms with van der Waals surface area (Å²) in [5.74, 6) is 0.217. The maximum atomic E-state index is 11.6. The minimum atomic E-state index is -0.452. The predicted octanol–water partition coefficient (Wildman–Crippen LogP) is -0.398. The molecule has 1 saturated carbocycles. The third-order valence-corrected chi connectivity index (χ3v) is 3.33. The van der Waals surface area contributed by atoms with Gasteiger partial charge < -0.3 is 5.73 Å². The minimum absolute atomic E-state index is 0.216. The number of anilines is 1. The number of rotatable bonds is 4. The van der Waals surface area contributed by atoms with Gasteiger partial charge in [-0.05, 0) is 26.8 Å². The first kappa shape index (κ1) is 11.9. The number of likely N-dealkylation sites (N-methyl/N-ethyl adjacent to an activating group) is 1. The standard InChI is InChI=1S/C11H18N4O2/c1-7(14(2)8-3-4-8)6-15-9(12)5-10(16)13-11(15)17/h5,7-8H,3-4,6,12H2,1-2H3,(H,13,16,17). The monoisotopic (exact) mass is 238 g/mol. The molecule has 1 aromatic heterocycles. The molecule has 1 heterocycles. The van der Waals surface area contributed by atoms with E-state index in [1.807, 2.05) is 0 Å². The molecule has 2 rings (SSSR count). The Balaban J connectivity index is 2.18. The van der Waals surface area contributed by atoms with Crippen LogP contribution in [0, 0.1) is 0 Å². The van der Waals surface area contributed by atoms with E-state index in [1.54, 1.807) is 0 Å². The maximum Gasteiger partial charge on any atom is 0.329 e. The van der Waals surface area contributed by atoms with Crippen molar-refractivity contribution in [1.29, 1.82) is 0 Å². The summed E-state index contributed by atoms with van der Waals surface area (Å²) in [4.78, 5) is 27.1. The molecule has 6 nitrogen and oxygen atoms in total. The Labute approximate surface area is 99.1 Å². The second kappa shape index (κ2) is 4.37. The summed E-state index contributed by atoms with van der Waals surface area (Å²) >= 11 is 0. The Morgan fingerprint density at radius 1 is 1.59 bits per heavy atom. The Kier molecular flexibility index (Phi) is 3.06. The molecule has 0 aliphatic heterocycles. The van der Waals surface area contributed by atoms with Gasteiger partial charge in [0, 0.05) is 24.7 Å². The Morgan fingerprint density at radius 3 is 2.76 bits per heavy atom. The fourth-order valence-corrected chi connectivity index (χ4v) is 1.96. The summed E-state index contributed by atoms with van der Waals surface area (Å²) in [7, 11) is 2.05. The fraction of sp³-hybridized carbons (Fsp3) is 0.636. The third kappa shape index (κ3) is 2.58. The molecule has 1 fully saturated rings. The van der Waals surface area contributed by atoms with Gasteiger partial charge in [0.05, 0.1) is 0 Å². The lowest BCUT2D eigenvalue weighted by molar-refractivity contribution is 0.224. The van der Waals surface area contributed by atoms with Gasteiger partial charge in [0.2, 0.25) is 0 Å². The molecular formula is C11H18N4O2. The van der Waals surface area contributed by atoms with E-state index in [4.69, 9.17) is 5.73 Å². The van der Waals surface area contributed by atoms with Crippen LogP contribution in [0.25, 0.3) is 0 Å². The smallest absolute Gasteiger partial charge is 0.329 e. The average molecular weight is 238 g/mol. The summed E-state index contributed by atoms with van der Waals surface area (Å²) in [5, 5.41) is 0. The SMILES string of the molecule is CC(Cn1c(N)cc(=O)[nH]c1=O)N(C)C1CC1. The molecule has 0 radical (unpaired) electrons. The summed E-state index contributed by atoms with van der Waals surface area (Å²) in [6, 6.07) is 2.09. The van der Waals surface area contributed by atoms with Gasteiger partial charge in [0.15, 0.2) is 0 Å². The highest BCUT2D eigenvalue weighted by atomic mass is 16.2. The number of nitrogens with two attached hydrogens (primary N) is 1.